The van der Waals surface area contributed by atoms with Crippen molar-refractivity contribution in [2.24, 2.45) is 17.6 Å². The summed E-state index contributed by atoms with van der Waals surface area (Å²) >= 11 is 1.97. The summed E-state index contributed by atoms with van der Waals surface area (Å²) in [5, 5.41) is 0. The van der Waals surface area contributed by atoms with Crippen LogP contribution in [0.25, 0.3) is 0 Å². The molecule has 0 aromatic carbocycles. The van der Waals surface area contributed by atoms with E-state index in [0.717, 1.165) is 37.3 Å². The maximum atomic E-state index is 12.5. The van der Waals surface area contributed by atoms with Crippen molar-refractivity contribution in [1.29, 1.82) is 0 Å². The lowest BCUT2D eigenvalue weighted by Crippen LogP contribution is -2.53. The van der Waals surface area contributed by atoms with E-state index in [4.69, 9.17) is 5.73 Å². The third kappa shape index (κ3) is 2.97. The summed E-state index contributed by atoms with van der Waals surface area (Å²) in [5.41, 5.74) is 5.85. The van der Waals surface area contributed by atoms with Gasteiger partial charge in [0.2, 0.25) is 5.91 Å². The Labute approximate surface area is 108 Å². The summed E-state index contributed by atoms with van der Waals surface area (Å²) in [6.45, 7) is 3.77. The van der Waals surface area contributed by atoms with Gasteiger partial charge >= 0.3 is 0 Å². The number of thioether (sulfide) groups is 1. The maximum Gasteiger partial charge on any atom is 0.226 e. The maximum absolute atomic E-state index is 12.5. The number of carbonyl (C=O) groups is 1. The average Bonchev–Trinajstić information content (AvgIpc) is 2.38. The van der Waals surface area contributed by atoms with Crippen LogP contribution in [0.4, 0.5) is 0 Å². The molecule has 2 atom stereocenters. The van der Waals surface area contributed by atoms with Gasteiger partial charge in [-0.3, -0.25) is 4.79 Å². The molecular formula is C13H24N2OS. The molecule has 0 radical (unpaired) electrons. The van der Waals surface area contributed by atoms with Crippen molar-refractivity contribution >= 4 is 17.7 Å². The first-order valence-electron chi connectivity index (χ1n) is 6.82. The molecule has 98 valence electrons. The quantitative estimate of drug-likeness (QED) is 0.818. The highest BCUT2D eigenvalue weighted by molar-refractivity contribution is 7.99. The normalized spacial score (nSPS) is 31.5. The largest absolute Gasteiger partial charge is 0.338 e. The highest BCUT2D eigenvalue weighted by Crippen LogP contribution is 2.29. The average molecular weight is 256 g/mol. The first-order valence-corrected chi connectivity index (χ1v) is 7.97. The van der Waals surface area contributed by atoms with Gasteiger partial charge in [0, 0.05) is 25.0 Å². The fourth-order valence-electron chi connectivity index (χ4n) is 3.06. The van der Waals surface area contributed by atoms with Crippen LogP contribution in [0.15, 0.2) is 0 Å². The molecule has 2 rings (SSSR count). The number of nitrogens with two attached hydrogens (primary N) is 1. The number of hydrogen-bond donors (Lipinski definition) is 1. The minimum Gasteiger partial charge on any atom is -0.338 e. The molecule has 0 aromatic rings. The Hall–Kier alpha value is -0.220. The van der Waals surface area contributed by atoms with Crippen LogP contribution in [0, 0.1) is 11.8 Å². The monoisotopic (exact) mass is 256 g/mol. The zero-order valence-electron chi connectivity index (χ0n) is 10.7. The van der Waals surface area contributed by atoms with Gasteiger partial charge in [0.25, 0.3) is 0 Å². The van der Waals surface area contributed by atoms with Gasteiger partial charge in [-0.15, -0.1) is 0 Å². The Balaban J connectivity index is 2.00. The number of nitrogens with zero attached hydrogens (tertiary/aromatic N) is 1. The van der Waals surface area contributed by atoms with Crippen LogP contribution >= 0.6 is 11.8 Å². The van der Waals surface area contributed by atoms with Gasteiger partial charge in [-0.25, -0.2) is 0 Å². The van der Waals surface area contributed by atoms with Gasteiger partial charge in [-0.1, -0.05) is 6.92 Å². The van der Waals surface area contributed by atoms with Gasteiger partial charge < -0.3 is 10.6 Å². The lowest BCUT2D eigenvalue weighted by molar-refractivity contribution is -0.140. The highest BCUT2D eigenvalue weighted by atomic mass is 32.2. The fourth-order valence-corrected chi connectivity index (χ4v) is 4.17. The van der Waals surface area contributed by atoms with Crippen molar-refractivity contribution in [2.45, 2.75) is 38.6 Å². The molecule has 1 amide bonds. The first kappa shape index (κ1) is 13.2. The van der Waals surface area contributed by atoms with Gasteiger partial charge in [-0.05, 0) is 43.1 Å². The number of hydrogen-bond acceptors (Lipinski definition) is 3. The van der Waals surface area contributed by atoms with Gasteiger partial charge in [0.15, 0.2) is 0 Å². The molecule has 0 spiro atoms. The Kier molecular flexibility index (Phi) is 4.74. The number of amides is 1. The van der Waals surface area contributed by atoms with Crippen molar-refractivity contribution in [3.63, 3.8) is 0 Å². The molecule has 2 saturated heterocycles. The van der Waals surface area contributed by atoms with Crippen LogP contribution in [0.5, 0.6) is 0 Å². The fraction of sp³-hybridized carbons (Fsp3) is 0.923. The zero-order chi connectivity index (χ0) is 12.3. The van der Waals surface area contributed by atoms with Crippen LogP contribution in [-0.2, 0) is 4.79 Å². The number of piperidine rings is 1. The predicted octanol–water partition coefficient (Wildman–Crippen LogP) is 1.72. The smallest absolute Gasteiger partial charge is 0.226 e. The second kappa shape index (κ2) is 6.10. The minimum absolute atomic E-state index is 0.274. The molecule has 4 heteroatoms. The van der Waals surface area contributed by atoms with E-state index in [1.165, 1.54) is 6.42 Å². The van der Waals surface area contributed by atoms with E-state index in [9.17, 15) is 4.79 Å². The molecule has 0 unspecified atom stereocenters. The van der Waals surface area contributed by atoms with E-state index in [2.05, 4.69) is 11.8 Å². The standard InChI is InChI=1S/C13H24N2OS/c1-10-3-2-6-15(12(10)9-14)13(16)11-4-7-17-8-5-11/h10-12H,2-9,14H2,1H3/t10-,12-/m0/s1. The van der Waals surface area contributed by atoms with E-state index in [1.807, 2.05) is 11.8 Å². The second-order valence-electron chi connectivity index (χ2n) is 5.34. The lowest BCUT2D eigenvalue weighted by Gasteiger charge is -2.41. The zero-order valence-corrected chi connectivity index (χ0v) is 11.5. The number of likely N-dealkylation sites (tertiary alicyclic amines) is 1. The molecule has 2 aliphatic rings. The molecule has 2 N–H and O–H groups in total. The van der Waals surface area contributed by atoms with Crippen molar-refractivity contribution in [1.82, 2.24) is 4.90 Å². The van der Waals surface area contributed by atoms with E-state index in [-0.39, 0.29) is 12.0 Å². The van der Waals surface area contributed by atoms with Crippen LogP contribution in [0.3, 0.4) is 0 Å². The Morgan fingerprint density at radius 2 is 2.06 bits per heavy atom. The first-order chi connectivity index (χ1) is 8.24. The molecule has 2 aliphatic heterocycles. The Bertz CT molecular complexity index is 266. The van der Waals surface area contributed by atoms with E-state index in [0.29, 0.717) is 18.4 Å². The number of rotatable bonds is 2. The molecular weight excluding hydrogens is 232 g/mol. The molecule has 3 nitrogen and oxygen atoms in total. The lowest BCUT2D eigenvalue weighted by atomic mass is 9.89. The summed E-state index contributed by atoms with van der Waals surface area (Å²) < 4.78 is 0. The molecule has 2 fully saturated rings. The minimum atomic E-state index is 0.274. The van der Waals surface area contributed by atoms with Crippen LogP contribution in [0.2, 0.25) is 0 Å². The predicted molar refractivity (Wildman–Crippen MR) is 73.0 cm³/mol. The summed E-state index contributed by atoms with van der Waals surface area (Å²) in [6.07, 6.45) is 4.48. The van der Waals surface area contributed by atoms with Crippen molar-refractivity contribution in [3.8, 4) is 0 Å². The molecule has 0 aliphatic carbocycles. The summed E-state index contributed by atoms with van der Waals surface area (Å²) in [6, 6.07) is 0.283. The topological polar surface area (TPSA) is 46.3 Å². The van der Waals surface area contributed by atoms with Gasteiger partial charge in [-0.2, -0.15) is 11.8 Å². The number of carbonyl (C=O) groups excluding carboxylic acids is 1. The van der Waals surface area contributed by atoms with Crippen LogP contribution in [0.1, 0.15) is 32.6 Å². The third-order valence-electron chi connectivity index (χ3n) is 4.21. The van der Waals surface area contributed by atoms with Gasteiger partial charge in [0.05, 0.1) is 0 Å². The van der Waals surface area contributed by atoms with Crippen molar-refractivity contribution < 1.29 is 4.79 Å². The van der Waals surface area contributed by atoms with Crippen LogP contribution < -0.4 is 5.73 Å². The van der Waals surface area contributed by atoms with Gasteiger partial charge in [0.1, 0.15) is 0 Å². The van der Waals surface area contributed by atoms with Crippen LogP contribution in [-0.4, -0.2) is 41.4 Å². The van der Waals surface area contributed by atoms with E-state index < -0.39 is 0 Å². The summed E-state index contributed by atoms with van der Waals surface area (Å²) in [5.74, 6) is 3.51. The third-order valence-corrected chi connectivity index (χ3v) is 5.26. The van der Waals surface area contributed by atoms with E-state index in [1.54, 1.807) is 0 Å². The molecule has 2 heterocycles. The summed E-state index contributed by atoms with van der Waals surface area (Å²) in [7, 11) is 0. The Morgan fingerprint density at radius 3 is 2.71 bits per heavy atom. The Morgan fingerprint density at radius 1 is 1.35 bits per heavy atom. The van der Waals surface area contributed by atoms with Crippen molar-refractivity contribution in [2.75, 3.05) is 24.6 Å². The molecule has 0 saturated carbocycles. The molecule has 17 heavy (non-hydrogen) atoms. The van der Waals surface area contributed by atoms with E-state index >= 15 is 0 Å². The SMILES string of the molecule is C[C@H]1CCCN(C(=O)C2CCSCC2)[C@H]1CN. The van der Waals surface area contributed by atoms with Crippen molar-refractivity contribution in [3.05, 3.63) is 0 Å². The highest BCUT2D eigenvalue weighted by Gasteiger charge is 2.34. The second-order valence-corrected chi connectivity index (χ2v) is 6.57. The molecule has 0 aromatic heterocycles. The summed E-state index contributed by atoms with van der Waals surface area (Å²) in [4.78, 5) is 14.6. The molecule has 0 bridgehead atoms.